The maximum absolute atomic E-state index is 14.4. The van der Waals surface area contributed by atoms with Crippen LogP contribution in [0, 0.1) is 0 Å². The van der Waals surface area contributed by atoms with Crippen molar-refractivity contribution in [1.29, 1.82) is 0 Å². The Labute approximate surface area is 175 Å². The Bertz CT molecular complexity index is 1010. The minimum Gasteiger partial charge on any atom is -0.351 e. The normalized spacial score (nSPS) is 15.0. The molecule has 0 unspecified atom stereocenters. The zero-order valence-electron chi connectivity index (χ0n) is 15.8. The van der Waals surface area contributed by atoms with Crippen molar-refractivity contribution in [3.05, 3.63) is 59.4 Å². The molecule has 172 valence electrons. The Hall–Kier alpha value is -3.42. The van der Waals surface area contributed by atoms with Crippen LogP contribution in [0.1, 0.15) is 16.7 Å². The molecule has 3 rings (SSSR count). The standard InChI is InChI=1S/C18H14F7N5O2/c19-16(17(20,21)22,18(23,24)25)12-3-4-13-11(6-12)9-29(15(32)30(13)14(26)31)28-8-10-2-1-5-27-7-10/h1-7,28H,8-9H2,(H2,26,31). The molecule has 2 heterocycles. The van der Waals surface area contributed by atoms with Crippen LogP contribution >= 0.6 is 0 Å². The van der Waals surface area contributed by atoms with E-state index in [9.17, 15) is 40.3 Å². The Morgan fingerprint density at radius 3 is 2.28 bits per heavy atom. The highest BCUT2D eigenvalue weighted by atomic mass is 19.4. The molecular formula is C18H14F7N5O2. The van der Waals surface area contributed by atoms with Crippen molar-refractivity contribution in [2.45, 2.75) is 31.1 Å². The van der Waals surface area contributed by atoms with E-state index >= 15 is 0 Å². The average molecular weight is 465 g/mol. The summed E-state index contributed by atoms with van der Waals surface area (Å²) in [6.07, 6.45) is -9.71. The molecule has 7 nitrogen and oxygen atoms in total. The van der Waals surface area contributed by atoms with E-state index in [4.69, 9.17) is 5.73 Å². The van der Waals surface area contributed by atoms with E-state index < -0.39 is 42.2 Å². The molecule has 0 atom stereocenters. The number of carbonyl (C=O) groups excluding carboxylic acids is 2. The van der Waals surface area contributed by atoms with Gasteiger partial charge in [0.2, 0.25) is 0 Å². The van der Waals surface area contributed by atoms with Gasteiger partial charge in [0.1, 0.15) is 0 Å². The molecule has 0 saturated carbocycles. The number of hydrazine groups is 1. The van der Waals surface area contributed by atoms with Crippen LogP contribution < -0.4 is 16.1 Å². The number of halogens is 7. The second-order valence-corrected chi connectivity index (χ2v) is 6.74. The number of hydrogen-bond donors (Lipinski definition) is 2. The van der Waals surface area contributed by atoms with Gasteiger partial charge in [-0.3, -0.25) is 9.99 Å². The summed E-state index contributed by atoms with van der Waals surface area (Å²) in [4.78, 5) is 28.6. The van der Waals surface area contributed by atoms with E-state index in [1.165, 1.54) is 12.4 Å². The number of nitrogens with one attached hydrogen (secondary N) is 1. The van der Waals surface area contributed by atoms with Gasteiger partial charge in [0.25, 0.3) is 0 Å². The van der Waals surface area contributed by atoms with Gasteiger partial charge < -0.3 is 5.73 Å². The van der Waals surface area contributed by atoms with Crippen LogP contribution in [0.3, 0.4) is 0 Å². The van der Waals surface area contributed by atoms with Crippen molar-refractivity contribution in [1.82, 2.24) is 15.4 Å². The van der Waals surface area contributed by atoms with Gasteiger partial charge in [-0.1, -0.05) is 12.1 Å². The molecule has 0 bridgehead atoms. The molecule has 1 aliphatic heterocycles. The van der Waals surface area contributed by atoms with E-state index in [0.717, 1.165) is 5.01 Å². The van der Waals surface area contributed by atoms with Gasteiger partial charge in [-0.05, 0) is 29.3 Å². The van der Waals surface area contributed by atoms with E-state index in [1.54, 1.807) is 12.1 Å². The van der Waals surface area contributed by atoms with E-state index in [2.05, 4.69) is 10.4 Å². The van der Waals surface area contributed by atoms with Crippen LogP contribution in [0.25, 0.3) is 0 Å². The van der Waals surface area contributed by atoms with Gasteiger partial charge in [0.05, 0.1) is 12.2 Å². The van der Waals surface area contributed by atoms with Crippen LogP contribution in [0.5, 0.6) is 0 Å². The Balaban J connectivity index is 2.02. The number of benzene rings is 1. The molecule has 14 heteroatoms. The summed E-state index contributed by atoms with van der Waals surface area (Å²) in [6.45, 7) is -0.600. The largest absolute Gasteiger partial charge is 0.435 e. The number of hydrogen-bond acceptors (Lipinski definition) is 4. The summed E-state index contributed by atoms with van der Waals surface area (Å²) < 4.78 is 93.1. The number of primary amides is 1. The van der Waals surface area contributed by atoms with Crippen molar-refractivity contribution in [3.63, 3.8) is 0 Å². The number of fused-ring (bicyclic) bond motifs is 1. The maximum Gasteiger partial charge on any atom is 0.435 e. The van der Waals surface area contributed by atoms with Crippen molar-refractivity contribution in [2.75, 3.05) is 4.90 Å². The van der Waals surface area contributed by atoms with E-state index in [-0.39, 0.29) is 23.9 Å². The zero-order valence-corrected chi connectivity index (χ0v) is 15.8. The lowest BCUT2D eigenvalue weighted by Gasteiger charge is -2.36. The molecule has 1 aromatic carbocycles. The maximum atomic E-state index is 14.4. The smallest absolute Gasteiger partial charge is 0.351 e. The Morgan fingerprint density at radius 2 is 1.75 bits per heavy atom. The Morgan fingerprint density at radius 1 is 1.09 bits per heavy atom. The van der Waals surface area contributed by atoms with Crippen molar-refractivity contribution < 1.29 is 40.3 Å². The predicted octanol–water partition coefficient (Wildman–Crippen LogP) is 3.90. The minimum atomic E-state index is -6.31. The Kier molecular flexibility index (Phi) is 5.76. The number of nitrogens with zero attached hydrogens (tertiary/aromatic N) is 3. The van der Waals surface area contributed by atoms with Crippen molar-refractivity contribution in [2.24, 2.45) is 5.73 Å². The van der Waals surface area contributed by atoms with Gasteiger partial charge in [-0.2, -0.15) is 26.3 Å². The number of aromatic nitrogens is 1. The summed E-state index contributed by atoms with van der Waals surface area (Å²) in [7, 11) is 0. The third-order valence-corrected chi connectivity index (χ3v) is 4.67. The molecule has 4 amide bonds. The van der Waals surface area contributed by atoms with Crippen LogP contribution in [0.4, 0.5) is 46.0 Å². The third-order valence-electron chi connectivity index (χ3n) is 4.67. The third kappa shape index (κ3) is 3.92. The molecule has 0 radical (unpaired) electrons. The summed E-state index contributed by atoms with van der Waals surface area (Å²) in [5.41, 5.74) is 0.190. The molecule has 1 aliphatic rings. The lowest BCUT2D eigenvalue weighted by Crippen LogP contribution is -2.56. The number of rotatable bonds is 4. The van der Waals surface area contributed by atoms with Gasteiger partial charge in [0, 0.05) is 24.5 Å². The lowest BCUT2D eigenvalue weighted by atomic mass is 9.91. The first kappa shape index (κ1) is 23.2. The van der Waals surface area contributed by atoms with Crippen LogP contribution in [-0.2, 0) is 18.8 Å². The summed E-state index contributed by atoms with van der Waals surface area (Å²) >= 11 is 0. The summed E-state index contributed by atoms with van der Waals surface area (Å²) in [5.74, 6) is 0. The highest BCUT2D eigenvalue weighted by molar-refractivity contribution is 6.14. The number of carbonyl (C=O) groups is 2. The topological polar surface area (TPSA) is 91.6 Å². The summed E-state index contributed by atoms with van der Waals surface area (Å²) in [5, 5.41) is 0.755. The first-order valence-corrected chi connectivity index (χ1v) is 8.76. The second kappa shape index (κ2) is 7.93. The lowest BCUT2D eigenvalue weighted by molar-refractivity contribution is -0.348. The molecule has 0 saturated heterocycles. The molecule has 1 aromatic heterocycles. The fourth-order valence-electron chi connectivity index (χ4n) is 3.12. The second-order valence-electron chi connectivity index (χ2n) is 6.74. The highest BCUT2D eigenvalue weighted by Gasteiger charge is 2.73. The van der Waals surface area contributed by atoms with Crippen LogP contribution in [-0.4, -0.2) is 34.4 Å². The first-order valence-electron chi connectivity index (χ1n) is 8.76. The van der Waals surface area contributed by atoms with Gasteiger partial charge in [0.15, 0.2) is 0 Å². The zero-order chi connectivity index (χ0) is 23.9. The van der Waals surface area contributed by atoms with Crippen molar-refractivity contribution in [3.8, 4) is 0 Å². The number of imide groups is 1. The molecule has 3 N–H and O–H groups in total. The first-order chi connectivity index (χ1) is 14.8. The fraction of sp³-hybridized carbons (Fsp3) is 0.278. The SMILES string of the molecule is NC(=O)N1C(=O)N(NCc2cccnc2)Cc2cc(C(F)(C(F)(F)F)C(F)(F)F)ccc21. The summed E-state index contributed by atoms with van der Waals surface area (Å²) in [6, 6.07) is 1.96. The number of pyridine rings is 1. The predicted molar refractivity (Wildman–Crippen MR) is 95.4 cm³/mol. The van der Waals surface area contributed by atoms with Crippen LogP contribution in [0.15, 0.2) is 42.7 Å². The molecule has 0 spiro atoms. The van der Waals surface area contributed by atoms with Crippen molar-refractivity contribution >= 4 is 17.7 Å². The fourth-order valence-corrected chi connectivity index (χ4v) is 3.12. The monoisotopic (exact) mass is 465 g/mol. The van der Waals surface area contributed by atoms with Crippen LogP contribution in [0.2, 0.25) is 0 Å². The number of nitrogens with two attached hydrogens (primary N) is 1. The molecule has 0 fully saturated rings. The average Bonchev–Trinajstić information content (AvgIpc) is 2.70. The molecule has 32 heavy (non-hydrogen) atoms. The van der Waals surface area contributed by atoms with Gasteiger partial charge >= 0.3 is 30.1 Å². The number of anilines is 1. The highest BCUT2D eigenvalue weighted by Crippen LogP contribution is 2.53. The van der Waals surface area contributed by atoms with E-state index in [1.807, 2.05) is 0 Å². The molecule has 2 aromatic rings. The van der Waals surface area contributed by atoms with E-state index in [0.29, 0.717) is 22.6 Å². The minimum absolute atomic E-state index is 0.0284. The quantitative estimate of drug-likeness (QED) is 0.671. The number of urea groups is 2. The van der Waals surface area contributed by atoms with Gasteiger partial charge in [-0.15, -0.1) is 0 Å². The number of alkyl halides is 7. The number of amides is 4. The van der Waals surface area contributed by atoms with Gasteiger partial charge in [-0.25, -0.2) is 24.3 Å². The molecular weight excluding hydrogens is 451 g/mol. The molecule has 0 aliphatic carbocycles.